The van der Waals surface area contributed by atoms with E-state index in [0.29, 0.717) is 24.5 Å². The Balaban J connectivity index is 1.64. The van der Waals surface area contributed by atoms with Crippen molar-refractivity contribution in [2.24, 2.45) is 0 Å². The van der Waals surface area contributed by atoms with Crippen molar-refractivity contribution in [3.8, 4) is 0 Å². The largest absolute Gasteiger partial charge is 0.323 e. The number of nitrogens with one attached hydrogen (secondary N) is 2. The molecule has 2 aromatic rings. The molecule has 0 saturated carbocycles. The molecule has 144 valence electrons. The number of anilines is 2. The van der Waals surface area contributed by atoms with Gasteiger partial charge in [0.05, 0.1) is 4.90 Å². The quantitative estimate of drug-likeness (QED) is 0.825. The molecule has 0 spiro atoms. The molecule has 0 bridgehead atoms. The van der Waals surface area contributed by atoms with Gasteiger partial charge in [-0.25, -0.2) is 13.2 Å². The Kier molecular flexibility index (Phi) is 6.13. The van der Waals surface area contributed by atoms with E-state index in [4.69, 9.17) is 0 Å². The first-order valence-corrected chi connectivity index (χ1v) is 10.6. The molecule has 0 unspecified atom stereocenters. The van der Waals surface area contributed by atoms with Gasteiger partial charge in [-0.15, -0.1) is 0 Å². The fourth-order valence-corrected chi connectivity index (χ4v) is 4.59. The van der Waals surface area contributed by atoms with Gasteiger partial charge in [0.15, 0.2) is 0 Å². The van der Waals surface area contributed by atoms with E-state index in [-0.39, 0.29) is 10.9 Å². The van der Waals surface area contributed by atoms with E-state index in [1.165, 1.54) is 0 Å². The molecule has 0 aromatic heterocycles. The van der Waals surface area contributed by atoms with Gasteiger partial charge in [0.25, 0.3) is 0 Å². The SMILES string of the molecule is Cc1ccc(NC(=O)Nc2ccc(S(=O)(=O)N3CCCCCC3)cc2)cc1. The first-order chi connectivity index (χ1) is 12.9. The normalized spacial score (nSPS) is 15.7. The average Bonchev–Trinajstić information content (AvgIpc) is 2.94. The number of carbonyl (C=O) groups is 1. The van der Waals surface area contributed by atoms with E-state index in [1.807, 2.05) is 31.2 Å². The van der Waals surface area contributed by atoms with E-state index in [0.717, 1.165) is 31.2 Å². The Hall–Kier alpha value is -2.38. The summed E-state index contributed by atoms with van der Waals surface area (Å²) in [5, 5.41) is 5.46. The van der Waals surface area contributed by atoms with Crippen molar-refractivity contribution in [2.75, 3.05) is 23.7 Å². The Morgan fingerprint density at radius 1 is 0.815 bits per heavy atom. The van der Waals surface area contributed by atoms with Gasteiger partial charge in [0.2, 0.25) is 10.0 Å². The zero-order valence-electron chi connectivity index (χ0n) is 15.4. The molecule has 0 atom stereocenters. The van der Waals surface area contributed by atoms with Crippen LogP contribution in [-0.2, 0) is 10.0 Å². The number of aryl methyl sites for hydroxylation is 1. The molecule has 0 radical (unpaired) electrons. The molecule has 2 aromatic carbocycles. The average molecular weight is 388 g/mol. The van der Waals surface area contributed by atoms with Crippen molar-refractivity contribution in [2.45, 2.75) is 37.5 Å². The molecule has 1 fully saturated rings. The van der Waals surface area contributed by atoms with Crippen molar-refractivity contribution in [1.29, 1.82) is 0 Å². The second-order valence-corrected chi connectivity index (χ2v) is 8.73. The maximum atomic E-state index is 12.8. The summed E-state index contributed by atoms with van der Waals surface area (Å²) >= 11 is 0. The van der Waals surface area contributed by atoms with Crippen LogP contribution in [0.25, 0.3) is 0 Å². The minimum Gasteiger partial charge on any atom is -0.308 e. The van der Waals surface area contributed by atoms with Crippen molar-refractivity contribution in [3.63, 3.8) is 0 Å². The van der Waals surface area contributed by atoms with Crippen molar-refractivity contribution < 1.29 is 13.2 Å². The molecular formula is C20H25N3O3S. The molecule has 0 aliphatic carbocycles. The van der Waals surface area contributed by atoms with E-state index in [9.17, 15) is 13.2 Å². The third-order valence-electron chi connectivity index (χ3n) is 4.62. The summed E-state index contributed by atoms with van der Waals surface area (Å²) in [5.41, 5.74) is 2.34. The van der Waals surface area contributed by atoms with E-state index in [1.54, 1.807) is 28.6 Å². The maximum absolute atomic E-state index is 12.8. The number of sulfonamides is 1. The maximum Gasteiger partial charge on any atom is 0.323 e. The van der Waals surface area contributed by atoms with Crippen molar-refractivity contribution >= 4 is 27.4 Å². The molecule has 2 amide bonds. The fraction of sp³-hybridized carbons (Fsp3) is 0.350. The monoisotopic (exact) mass is 387 g/mol. The molecule has 1 heterocycles. The summed E-state index contributed by atoms with van der Waals surface area (Å²) in [6.45, 7) is 3.12. The van der Waals surface area contributed by atoms with Crippen LogP contribution in [0.4, 0.5) is 16.2 Å². The standard InChI is InChI=1S/C20H25N3O3S/c1-16-6-8-17(9-7-16)21-20(24)22-18-10-12-19(13-11-18)27(25,26)23-14-4-2-3-5-15-23/h6-13H,2-5,14-15H2,1H3,(H2,21,22,24). The number of carbonyl (C=O) groups excluding carboxylic acids is 1. The predicted octanol–water partition coefficient (Wildman–Crippen LogP) is 4.20. The van der Waals surface area contributed by atoms with Crippen LogP contribution in [0.2, 0.25) is 0 Å². The Morgan fingerprint density at radius 2 is 1.30 bits per heavy atom. The van der Waals surface area contributed by atoms with E-state index >= 15 is 0 Å². The molecule has 1 saturated heterocycles. The highest BCUT2D eigenvalue weighted by molar-refractivity contribution is 7.89. The van der Waals surface area contributed by atoms with Crippen LogP contribution in [-0.4, -0.2) is 31.8 Å². The second-order valence-electron chi connectivity index (χ2n) is 6.79. The summed E-state index contributed by atoms with van der Waals surface area (Å²) in [5.74, 6) is 0. The highest BCUT2D eigenvalue weighted by atomic mass is 32.2. The Labute approximate surface area is 160 Å². The molecule has 27 heavy (non-hydrogen) atoms. The summed E-state index contributed by atoms with van der Waals surface area (Å²) < 4.78 is 27.1. The van der Waals surface area contributed by atoms with Crippen LogP contribution in [0.1, 0.15) is 31.2 Å². The topological polar surface area (TPSA) is 78.5 Å². The zero-order chi connectivity index (χ0) is 19.3. The smallest absolute Gasteiger partial charge is 0.308 e. The van der Waals surface area contributed by atoms with Crippen LogP contribution >= 0.6 is 0 Å². The van der Waals surface area contributed by atoms with Gasteiger partial charge in [0, 0.05) is 24.5 Å². The van der Waals surface area contributed by atoms with Gasteiger partial charge in [-0.05, 0) is 56.2 Å². The predicted molar refractivity (Wildman–Crippen MR) is 107 cm³/mol. The molecule has 7 heteroatoms. The molecule has 1 aliphatic rings. The lowest BCUT2D eigenvalue weighted by atomic mass is 10.2. The minimum absolute atomic E-state index is 0.258. The summed E-state index contributed by atoms with van der Waals surface area (Å²) in [6, 6.07) is 13.4. The highest BCUT2D eigenvalue weighted by Crippen LogP contribution is 2.22. The number of benzene rings is 2. The Bertz CT molecular complexity index is 870. The molecule has 1 aliphatic heterocycles. The number of amides is 2. The first kappa shape index (κ1) is 19.4. The van der Waals surface area contributed by atoms with Crippen LogP contribution in [0.15, 0.2) is 53.4 Å². The highest BCUT2D eigenvalue weighted by Gasteiger charge is 2.24. The number of nitrogens with zero attached hydrogens (tertiary/aromatic N) is 1. The van der Waals surface area contributed by atoms with Crippen molar-refractivity contribution in [3.05, 3.63) is 54.1 Å². The third-order valence-corrected chi connectivity index (χ3v) is 6.54. The summed E-state index contributed by atoms with van der Waals surface area (Å²) in [6.07, 6.45) is 3.95. The molecule has 2 N–H and O–H groups in total. The lowest BCUT2D eigenvalue weighted by Crippen LogP contribution is -2.31. The van der Waals surface area contributed by atoms with E-state index in [2.05, 4.69) is 10.6 Å². The lowest BCUT2D eigenvalue weighted by molar-refractivity contribution is 0.262. The lowest BCUT2D eigenvalue weighted by Gasteiger charge is -2.20. The number of hydrogen-bond donors (Lipinski definition) is 2. The second kappa shape index (κ2) is 8.54. The molecule has 3 rings (SSSR count). The number of hydrogen-bond acceptors (Lipinski definition) is 3. The number of urea groups is 1. The number of rotatable bonds is 4. The Morgan fingerprint density at radius 3 is 1.81 bits per heavy atom. The van der Waals surface area contributed by atoms with Gasteiger partial charge in [0.1, 0.15) is 0 Å². The third kappa shape index (κ3) is 5.08. The van der Waals surface area contributed by atoms with Crippen LogP contribution < -0.4 is 10.6 Å². The van der Waals surface area contributed by atoms with Gasteiger partial charge in [-0.2, -0.15) is 4.31 Å². The van der Waals surface area contributed by atoms with Gasteiger partial charge >= 0.3 is 6.03 Å². The van der Waals surface area contributed by atoms with Crippen molar-refractivity contribution in [1.82, 2.24) is 4.31 Å². The fourth-order valence-electron chi connectivity index (χ4n) is 3.07. The zero-order valence-corrected chi connectivity index (χ0v) is 16.3. The van der Waals surface area contributed by atoms with Crippen LogP contribution in [0, 0.1) is 6.92 Å². The first-order valence-electron chi connectivity index (χ1n) is 9.20. The van der Waals surface area contributed by atoms with Crippen LogP contribution in [0.5, 0.6) is 0 Å². The summed E-state index contributed by atoms with van der Waals surface area (Å²) in [7, 11) is -3.48. The summed E-state index contributed by atoms with van der Waals surface area (Å²) in [4.78, 5) is 12.3. The molecular weight excluding hydrogens is 362 g/mol. The van der Waals surface area contributed by atoms with Gasteiger partial charge in [-0.3, -0.25) is 0 Å². The minimum atomic E-state index is -3.48. The van der Waals surface area contributed by atoms with Gasteiger partial charge < -0.3 is 10.6 Å². The van der Waals surface area contributed by atoms with Crippen LogP contribution in [0.3, 0.4) is 0 Å². The van der Waals surface area contributed by atoms with E-state index < -0.39 is 10.0 Å². The van der Waals surface area contributed by atoms with Gasteiger partial charge in [-0.1, -0.05) is 30.5 Å². The molecule has 6 nitrogen and oxygen atoms in total.